The zero-order valence-corrected chi connectivity index (χ0v) is 15.4. The summed E-state index contributed by atoms with van der Waals surface area (Å²) in [6, 6.07) is 13.0. The van der Waals surface area contributed by atoms with E-state index in [9.17, 15) is 0 Å². The molecular formula is C21H19N3O4. The molecule has 0 spiro atoms. The Morgan fingerprint density at radius 3 is 2.68 bits per heavy atom. The van der Waals surface area contributed by atoms with Gasteiger partial charge >= 0.3 is 0 Å². The highest BCUT2D eigenvalue weighted by Gasteiger charge is 2.09. The fraction of sp³-hybridized carbons (Fsp3) is 0.190. The Bertz CT molecular complexity index is 1030. The van der Waals surface area contributed by atoms with Gasteiger partial charge in [-0.2, -0.15) is 0 Å². The Kier molecular flexibility index (Phi) is 5.44. The van der Waals surface area contributed by atoms with Crippen LogP contribution in [0, 0.1) is 0 Å². The molecule has 0 N–H and O–H groups in total. The number of benzene rings is 1. The Balaban J connectivity index is 1.41. The van der Waals surface area contributed by atoms with Gasteiger partial charge in [0.1, 0.15) is 30.2 Å². The van der Waals surface area contributed by atoms with Crippen molar-refractivity contribution in [3.63, 3.8) is 0 Å². The van der Waals surface area contributed by atoms with E-state index in [-0.39, 0.29) is 0 Å². The molecule has 7 heteroatoms. The van der Waals surface area contributed by atoms with E-state index in [4.69, 9.17) is 18.6 Å². The normalized spacial score (nSPS) is 10.9. The number of pyridine rings is 2. The number of hydrogen-bond acceptors (Lipinski definition) is 7. The lowest BCUT2D eigenvalue weighted by atomic mass is 10.3. The van der Waals surface area contributed by atoms with Gasteiger partial charge < -0.3 is 18.6 Å². The average molecular weight is 377 g/mol. The zero-order chi connectivity index (χ0) is 19.2. The number of aromatic nitrogens is 3. The summed E-state index contributed by atoms with van der Waals surface area (Å²) >= 11 is 0. The highest BCUT2D eigenvalue weighted by atomic mass is 16.5. The minimum atomic E-state index is 0.344. The molecule has 142 valence electrons. The van der Waals surface area contributed by atoms with E-state index in [0.717, 1.165) is 16.8 Å². The molecule has 28 heavy (non-hydrogen) atoms. The van der Waals surface area contributed by atoms with Crippen LogP contribution in [0.15, 0.2) is 65.5 Å². The molecule has 0 saturated carbocycles. The molecule has 0 atom stereocenters. The van der Waals surface area contributed by atoms with Gasteiger partial charge in [-0.3, -0.25) is 9.97 Å². The Morgan fingerprint density at radius 1 is 0.964 bits per heavy atom. The number of rotatable bonds is 8. The van der Waals surface area contributed by atoms with Crippen molar-refractivity contribution in [2.24, 2.45) is 0 Å². The summed E-state index contributed by atoms with van der Waals surface area (Å²) in [6.07, 6.45) is 5.11. The summed E-state index contributed by atoms with van der Waals surface area (Å²) < 4.78 is 22.1. The number of fused-ring (bicyclic) bond motifs is 1. The van der Waals surface area contributed by atoms with Crippen LogP contribution >= 0.6 is 0 Å². The van der Waals surface area contributed by atoms with Crippen LogP contribution in [-0.4, -0.2) is 35.3 Å². The van der Waals surface area contributed by atoms with Crippen LogP contribution in [0.2, 0.25) is 0 Å². The quantitative estimate of drug-likeness (QED) is 0.431. The maximum atomic E-state index is 5.84. The first-order valence-electron chi connectivity index (χ1n) is 8.82. The molecule has 0 unspecified atom stereocenters. The predicted octanol–water partition coefficient (Wildman–Crippen LogP) is 3.89. The Labute approximate surface area is 161 Å². The third-order valence-corrected chi connectivity index (χ3v) is 4.01. The first-order chi connectivity index (χ1) is 13.8. The van der Waals surface area contributed by atoms with E-state index in [1.54, 1.807) is 25.7 Å². The van der Waals surface area contributed by atoms with Gasteiger partial charge in [-0.25, -0.2) is 4.98 Å². The zero-order valence-electron chi connectivity index (χ0n) is 15.4. The lowest BCUT2D eigenvalue weighted by Gasteiger charge is -2.07. The largest absolute Gasteiger partial charge is 0.490 e. The van der Waals surface area contributed by atoms with E-state index < -0.39 is 0 Å². The van der Waals surface area contributed by atoms with Crippen molar-refractivity contribution in [3.05, 3.63) is 66.7 Å². The average Bonchev–Trinajstić information content (AvgIpc) is 3.17. The molecule has 3 aromatic heterocycles. The van der Waals surface area contributed by atoms with Crippen LogP contribution in [0.1, 0.15) is 5.69 Å². The van der Waals surface area contributed by atoms with E-state index in [0.29, 0.717) is 42.8 Å². The second-order valence-electron chi connectivity index (χ2n) is 6.01. The number of methoxy groups -OCH3 is 1. The smallest absolute Gasteiger partial charge is 0.228 e. The van der Waals surface area contributed by atoms with Gasteiger partial charge in [0, 0.05) is 25.6 Å². The molecule has 0 aliphatic rings. The molecule has 0 fully saturated rings. The summed E-state index contributed by atoms with van der Waals surface area (Å²) in [5.74, 6) is 1.93. The SMILES string of the molecule is COCCOc1ccc(COc2ccc3oc(-c4cccnc4)nc3c2)nc1. The third kappa shape index (κ3) is 4.27. The second kappa shape index (κ2) is 8.49. The summed E-state index contributed by atoms with van der Waals surface area (Å²) in [5, 5.41) is 0. The lowest BCUT2D eigenvalue weighted by molar-refractivity contribution is 0.146. The standard InChI is InChI=1S/C21H19N3O4/c1-25-9-10-26-18-5-4-16(23-13-18)14-27-17-6-7-20-19(11-17)24-21(28-20)15-3-2-8-22-12-15/h2-8,11-13H,9-10,14H2,1H3. The van der Waals surface area contributed by atoms with Crippen molar-refractivity contribution in [1.82, 2.24) is 15.0 Å². The summed E-state index contributed by atoms with van der Waals surface area (Å²) in [5.41, 5.74) is 3.06. The Hall–Kier alpha value is -3.45. The van der Waals surface area contributed by atoms with Crippen LogP contribution in [0.4, 0.5) is 0 Å². The molecule has 0 aliphatic heterocycles. The van der Waals surface area contributed by atoms with Gasteiger partial charge in [0.05, 0.1) is 24.1 Å². The van der Waals surface area contributed by atoms with Gasteiger partial charge in [0.15, 0.2) is 5.58 Å². The summed E-state index contributed by atoms with van der Waals surface area (Å²) in [6.45, 7) is 1.38. The third-order valence-electron chi connectivity index (χ3n) is 4.01. The van der Waals surface area contributed by atoms with Crippen LogP contribution in [0.3, 0.4) is 0 Å². The van der Waals surface area contributed by atoms with Crippen LogP contribution in [0.25, 0.3) is 22.6 Å². The molecule has 0 saturated heterocycles. The van der Waals surface area contributed by atoms with E-state index in [1.807, 2.05) is 42.5 Å². The van der Waals surface area contributed by atoms with E-state index >= 15 is 0 Å². The topological polar surface area (TPSA) is 79.5 Å². The number of nitrogens with zero attached hydrogens (tertiary/aromatic N) is 3. The highest BCUT2D eigenvalue weighted by Crippen LogP contribution is 2.26. The molecule has 4 aromatic rings. The van der Waals surface area contributed by atoms with E-state index in [1.165, 1.54) is 0 Å². The molecule has 0 radical (unpaired) electrons. The summed E-state index contributed by atoms with van der Waals surface area (Å²) in [7, 11) is 1.64. The molecule has 4 rings (SSSR count). The maximum absolute atomic E-state index is 5.84. The molecular weight excluding hydrogens is 358 g/mol. The molecule has 3 heterocycles. The number of hydrogen-bond donors (Lipinski definition) is 0. The minimum absolute atomic E-state index is 0.344. The fourth-order valence-electron chi connectivity index (χ4n) is 2.59. The van der Waals surface area contributed by atoms with Crippen LogP contribution < -0.4 is 9.47 Å². The first-order valence-corrected chi connectivity index (χ1v) is 8.82. The minimum Gasteiger partial charge on any atom is -0.490 e. The van der Waals surface area contributed by atoms with Crippen LogP contribution in [-0.2, 0) is 11.3 Å². The molecule has 0 aliphatic carbocycles. The maximum Gasteiger partial charge on any atom is 0.228 e. The van der Waals surface area contributed by atoms with Crippen molar-refractivity contribution >= 4 is 11.1 Å². The fourth-order valence-corrected chi connectivity index (χ4v) is 2.59. The monoisotopic (exact) mass is 377 g/mol. The lowest BCUT2D eigenvalue weighted by Crippen LogP contribution is -2.05. The number of ether oxygens (including phenoxy) is 3. The van der Waals surface area contributed by atoms with Crippen LogP contribution in [0.5, 0.6) is 11.5 Å². The van der Waals surface area contributed by atoms with E-state index in [2.05, 4.69) is 15.0 Å². The van der Waals surface area contributed by atoms with Crippen molar-refractivity contribution in [2.75, 3.05) is 20.3 Å². The molecule has 0 amide bonds. The van der Waals surface area contributed by atoms with Gasteiger partial charge in [0.2, 0.25) is 5.89 Å². The van der Waals surface area contributed by atoms with Gasteiger partial charge in [-0.05, 0) is 36.4 Å². The van der Waals surface area contributed by atoms with Gasteiger partial charge in [-0.1, -0.05) is 0 Å². The summed E-state index contributed by atoms with van der Waals surface area (Å²) in [4.78, 5) is 13.0. The van der Waals surface area contributed by atoms with Crippen molar-refractivity contribution < 1.29 is 18.6 Å². The second-order valence-corrected chi connectivity index (χ2v) is 6.01. The number of oxazole rings is 1. The molecule has 0 bridgehead atoms. The molecule has 7 nitrogen and oxygen atoms in total. The van der Waals surface area contributed by atoms with Crippen molar-refractivity contribution in [2.45, 2.75) is 6.61 Å². The predicted molar refractivity (Wildman–Crippen MR) is 103 cm³/mol. The Morgan fingerprint density at radius 2 is 1.89 bits per heavy atom. The van der Waals surface area contributed by atoms with Crippen molar-refractivity contribution in [3.8, 4) is 23.0 Å². The van der Waals surface area contributed by atoms with Crippen molar-refractivity contribution in [1.29, 1.82) is 0 Å². The van der Waals surface area contributed by atoms with Gasteiger partial charge in [-0.15, -0.1) is 0 Å². The molecule has 1 aromatic carbocycles. The highest BCUT2D eigenvalue weighted by molar-refractivity contribution is 5.77. The van der Waals surface area contributed by atoms with Gasteiger partial charge in [0.25, 0.3) is 0 Å². The first kappa shape index (κ1) is 17.9.